The average molecular weight is 391 g/mol. The van der Waals surface area contributed by atoms with Gasteiger partial charge in [-0.1, -0.05) is 25.5 Å². The standard InChI is InChI=1S/C20H29N3O5/c1-3-5-12-28-19(25)13-16-20(26)21-10-11-23(16)18(24)14-22-15-8-6-7-9-17(15)27-4-2/h6-9,16,22H,3-5,10-14H2,1-2H3,(H,21,26). The van der Waals surface area contributed by atoms with Gasteiger partial charge in [-0.25, -0.2) is 0 Å². The van der Waals surface area contributed by atoms with Crippen LogP contribution in [0.1, 0.15) is 33.1 Å². The van der Waals surface area contributed by atoms with Crippen LogP contribution in [0.2, 0.25) is 0 Å². The number of carbonyl (C=O) groups excluding carboxylic acids is 3. The lowest BCUT2D eigenvalue weighted by Gasteiger charge is -2.34. The van der Waals surface area contributed by atoms with E-state index >= 15 is 0 Å². The Morgan fingerprint density at radius 2 is 2.07 bits per heavy atom. The molecule has 0 bridgehead atoms. The summed E-state index contributed by atoms with van der Waals surface area (Å²) in [6.07, 6.45) is 1.54. The average Bonchev–Trinajstić information content (AvgIpc) is 2.69. The van der Waals surface area contributed by atoms with Crippen molar-refractivity contribution in [3.63, 3.8) is 0 Å². The first kappa shape index (κ1) is 21.5. The van der Waals surface area contributed by atoms with Gasteiger partial charge in [0.1, 0.15) is 11.8 Å². The minimum atomic E-state index is -0.848. The number of nitrogens with one attached hydrogen (secondary N) is 2. The minimum absolute atomic E-state index is 0.00124. The number of amides is 2. The van der Waals surface area contributed by atoms with Gasteiger partial charge in [0, 0.05) is 13.1 Å². The van der Waals surface area contributed by atoms with Gasteiger partial charge in [-0.3, -0.25) is 14.4 Å². The van der Waals surface area contributed by atoms with Crippen molar-refractivity contribution in [3.8, 4) is 5.75 Å². The molecule has 1 heterocycles. The van der Waals surface area contributed by atoms with E-state index in [0.29, 0.717) is 37.7 Å². The molecule has 2 N–H and O–H groups in total. The fourth-order valence-corrected chi connectivity index (χ4v) is 2.93. The summed E-state index contributed by atoms with van der Waals surface area (Å²) in [5.41, 5.74) is 0.703. The van der Waals surface area contributed by atoms with E-state index in [2.05, 4.69) is 10.6 Å². The van der Waals surface area contributed by atoms with E-state index in [9.17, 15) is 14.4 Å². The number of nitrogens with zero attached hydrogens (tertiary/aromatic N) is 1. The van der Waals surface area contributed by atoms with Gasteiger partial charge in [-0.05, 0) is 25.5 Å². The van der Waals surface area contributed by atoms with Crippen molar-refractivity contribution in [3.05, 3.63) is 24.3 Å². The number of esters is 1. The van der Waals surface area contributed by atoms with Crippen molar-refractivity contribution < 1.29 is 23.9 Å². The molecule has 0 radical (unpaired) electrons. The van der Waals surface area contributed by atoms with Crippen molar-refractivity contribution in [1.29, 1.82) is 0 Å². The summed E-state index contributed by atoms with van der Waals surface area (Å²) >= 11 is 0. The predicted octanol–water partition coefficient (Wildman–Crippen LogP) is 1.56. The minimum Gasteiger partial charge on any atom is -0.492 e. The second-order valence-corrected chi connectivity index (χ2v) is 6.45. The van der Waals surface area contributed by atoms with Crippen LogP contribution in [0.3, 0.4) is 0 Å². The Morgan fingerprint density at radius 3 is 2.82 bits per heavy atom. The summed E-state index contributed by atoms with van der Waals surface area (Å²) in [7, 11) is 0. The van der Waals surface area contributed by atoms with E-state index in [1.165, 1.54) is 4.90 Å². The van der Waals surface area contributed by atoms with E-state index in [1.807, 2.05) is 38.1 Å². The molecular weight excluding hydrogens is 362 g/mol. The van der Waals surface area contributed by atoms with Crippen LogP contribution in [-0.4, -0.2) is 61.6 Å². The topological polar surface area (TPSA) is 97.0 Å². The maximum atomic E-state index is 12.7. The monoisotopic (exact) mass is 391 g/mol. The normalized spacial score (nSPS) is 16.3. The summed E-state index contributed by atoms with van der Waals surface area (Å²) in [5, 5.41) is 5.77. The fraction of sp³-hybridized carbons (Fsp3) is 0.550. The quantitative estimate of drug-likeness (QED) is 0.464. The lowest BCUT2D eigenvalue weighted by molar-refractivity contribution is -0.151. The Labute approximate surface area is 165 Å². The second kappa shape index (κ2) is 11.2. The van der Waals surface area contributed by atoms with Crippen LogP contribution in [0.4, 0.5) is 5.69 Å². The molecule has 0 aromatic heterocycles. The Hall–Kier alpha value is -2.77. The van der Waals surface area contributed by atoms with Gasteiger partial charge in [0.2, 0.25) is 11.8 Å². The number of piperazine rings is 1. The molecule has 1 aliphatic rings. The molecule has 1 aromatic rings. The number of hydrogen-bond donors (Lipinski definition) is 2. The summed E-state index contributed by atoms with van der Waals surface area (Å²) in [6.45, 7) is 5.44. The SMILES string of the molecule is CCCCOC(=O)CC1C(=O)NCCN1C(=O)CNc1ccccc1OCC. The summed E-state index contributed by atoms with van der Waals surface area (Å²) in [6, 6.07) is 6.49. The molecule has 28 heavy (non-hydrogen) atoms. The summed E-state index contributed by atoms with van der Waals surface area (Å²) in [5.74, 6) is -0.401. The van der Waals surface area contributed by atoms with Crippen molar-refractivity contribution >= 4 is 23.5 Å². The van der Waals surface area contributed by atoms with Gasteiger partial charge < -0.3 is 25.0 Å². The Morgan fingerprint density at radius 1 is 1.29 bits per heavy atom. The third-order valence-corrected chi connectivity index (χ3v) is 4.39. The number of unbranched alkanes of at least 4 members (excludes halogenated alkanes) is 1. The zero-order valence-corrected chi connectivity index (χ0v) is 16.5. The van der Waals surface area contributed by atoms with E-state index < -0.39 is 12.0 Å². The highest BCUT2D eigenvalue weighted by Crippen LogP contribution is 2.23. The molecule has 2 rings (SSSR count). The Kier molecular flexibility index (Phi) is 8.58. The number of hydrogen-bond acceptors (Lipinski definition) is 6. The van der Waals surface area contributed by atoms with Gasteiger partial charge in [0.05, 0.1) is 31.9 Å². The molecule has 2 amide bonds. The Bertz CT molecular complexity index is 680. The third-order valence-electron chi connectivity index (χ3n) is 4.39. The molecule has 0 saturated carbocycles. The highest BCUT2D eigenvalue weighted by Gasteiger charge is 2.35. The van der Waals surface area contributed by atoms with Crippen molar-refractivity contribution in [2.24, 2.45) is 0 Å². The van der Waals surface area contributed by atoms with Crippen LogP contribution >= 0.6 is 0 Å². The molecule has 1 aliphatic heterocycles. The predicted molar refractivity (Wildman–Crippen MR) is 105 cm³/mol. The zero-order valence-electron chi connectivity index (χ0n) is 16.5. The summed E-state index contributed by atoms with van der Waals surface area (Å²) < 4.78 is 10.7. The zero-order chi connectivity index (χ0) is 20.4. The smallest absolute Gasteiger partial charge is 0.308 e. The van der Waals surface area contributed by atoms with E-state index in [1.54, 1.807) is 0 Å². The molecule has 1 unspecified atom stereocenters. The number of ether oxygens (including phenoxy) is 2. The molecule has 1 fully saturated rings. The van der Waals surface area contributed by atoms with Gasteiger partial charge in [-0.15, -0.1) is 0 Å². The van der Waals surface area contributed by atoms with Gasteiger partial charge in [-0.2, -0.15) is 0 Å². The number of anilines is 1. The number of para-hydroxylation sites is 2. The fourth-order valence-electron chi connectivity index (χ4n) is 2.93. The van der Waals surface area contributed by atoms with E-state index in [4.69, 9.17) is 9.47 Å². The first-order valence-corrected chi connectivity index (χ1v) is 9.75. The largest absolute Gasteiger partial charge is 0.492 e. The van der Waals surface area contributed by atoms with Gasteiger partial charge in [0.15, 0.2) is 0 Å². The molecule has 0 aliphatic carbocycles. The number of benzene rings is 1. The number of carbonyl (C=O) groups is 3. The molecule has 1 atom stereocenters. The molecule has 1 saturated heterocycles. The molecule has 0 spiro atoms. The molecular formula is C20H29N3O5. The Balaban J connectivity index is 1.97. The highest BCUT2D eigenvalue weighted by atomic mass is 16.5. The van der Waals surface area contributed by atoms with Crippen LogP contribution in [0.15, 0.2) is 24.3 Å². The highest BCUT2D eigenvalue weighted by molar-refractivity contribution is 5.93. The number of rotatable bonds is 10. The third kappa shape index (κ3) is 6.14. The van der Waals surface area contributed by atoms with Gasteiger partial charge in [0.25, 0.3) is 0 Å². The first-order chi connectivity index (χ1) is 13.6. The maximum Gasteiger partial charge on any atom is 0.308 e. The van der Waals surface area contributed by atoms with E-state index in [-0.39, 0.29) is 24.8 Å². The van der Waals surface area contributed by atoms with Crippen LogP contribution in [-0.2, 0) is 19.1 Å². The van der Waals surface area contributed by atoms with Crippen LogP contribution < -0.4 is 15.4 Å². The van der Waals surface area contributed by atoms with Crippen molar-refractivity contribution in [2.45, 2.75) is 39.2 Å². The van der Waals surface area contributed by atoms with Crippen LogP contribution in [0.5, 0.6) is 5.75 Å². The second-order valence-electron chi connectivity index (χ2n) is 6.45. The molecule has 8 heteroatoms. The molecule has 8 nitrogen and oxygen atoms in total. The lowest BCUT2D eigenvalue weighted by atomic mass is 10.1. The van der Waals surface area contributed by atoms with Gasteiger partial charge >= 0.3 is 5.97 Å². The molecule has 1 aromatic carbocycles. The molecule has 154 valence electrons. The van der Waals surface area contributed by atoms with Crippen LogP contribution in [0.25, 0.3) is 0 Å². The maximum absolute atomic E-state index is 12.7. The van der Waals surface area contributed by atoms with Crippen molar-refractivity contribution in [2.75, 3.05) is 38.2 Å². The van der Waals surface area contributed by atoms with Crippen molar-refractivity contribution in [1.82, 2.24) is 10.2 Å². The van der Waals surface area contributed by atoms with Crippen LogP contribution in [0, 0.1) is 0 Å². The lowest BCUT2D eigenvalue weighted by Crippen LogP contribution is -2.58. The first-order valence-electron chi connectivity index (χ1n) is 9.75. The summed E-state index contributed by atoms with van der Waals surface area (Å²) in [4.78, 5) is 38.4. The van der Waals surface area contributed by atoms with E-state index in [0.717, 1.165) is 12.8 Å².